The molecule has 0 atom stereocenters. The van der Waals surface area contributed by atoms with Crippen molar-refractivity contribution in [3.05, 3.63) is 29.6 Å². The maximum absolute atomic E-state index is 13.2. The van der Waals surface area contributed by atoms with Crippen LogP contribution in [0.5, 0.6) is 5.75 Å². The second-order valence-electron chi connectivity index (χ2n) is 3.32. The van der Waals surface area contributed by atoms with Crippen LogP contribution in [0.1, 0.15) is 24.8 Å². The molecule has 16 heavy (non-hydrogen) atoms. The molecule has 0 aliphatic heterocycles. The number of alkyl halides is 1. The number of hydrogen-bond donors (Lipinski definition) is 0. The third-order valence-corrected chi connectivity index (χ3v) is 2.39. The summed E-state index contributed by atoms with van der Waals surface area (Å²) in [4.78, 5) is 0. The first-order valence-corrected chi connectivity index (χ1v) is 5.70. The van der Waals surface area contributed by atoms with Gasteiger partial charge in [0.1, 0.15) is 23.2 Å². The molecule has 0 aliphatic rings. The standard InChI is InChI=1S/C12H13ClFNO/c13-7-2-1-3-8-16-12-6-4-5-11(14)10(12)9-15/h4-6H,1-3,7-8H2. The van der Waals surface area contributed by atoms with Crippen LogP contribution in [-0.2, 0) is 0 Å². The highest BCUT2D eigenvalue weighted by atomic mass is 35.5. The molecule has 2 nitrogen and oxygen atoms in total. The van der Waals surface area contributed by atoms with E-state index in [4.69, 9.17) is 21.6 Å². The topological polar surface area (TPSA) is 33.0 Å². The Morgan fingerprint density at radius 1 is 1.31 bits per heavy atom. The Bertz CT molecular complexity index is 376. The van der Waals surface area contributed by atoms with Crippen molar-refractivity contribution in [2.24, 2.45) is 0 Å². The lowest BCUT2D eigenvalue weighted by atomic mass is 10.2. The van der Waals surface area contributed by atoms with Gasteiger partial charge in [-0.3, -0.25) is 0 Å². The van der Waals surface area contributed by atoms with Gasteiger partial charge in [0, 0.05) is 5.88 Å². The maximum Gasteiger partial charge on any atom is 0.144 e. The molecule has 0 amide bonds. The predicted molar refractivity (Wildman–Crippen MR) is 61.2 cm³/mol. The average Bonchev–Trinajstić information content (AvgIpc) is 2.29. The molecule has 86 valence electrons. The van der Waals surface area contributed by atoms with E-state index in [0.717, 1.165) is 19.3 Å². The Balaban J connectivity index is 2.48. The van der Waals surface area contributed by atoms with Gasteiger partial charge < -0.3 is 4.74 Å². The van der Waals surface area contributed by atoms with Gasteiger partial charge in [-0.05, 0) is 31.4 Å². The van der Waals surface area contributed by atoms with E-state index in [1.165, 1.54) is 12.1 Å². The Kier molecular flexibility index (Phi) is 5.66. The van der Waals surface area contributed by atoms with Crippen molar-refractivity contribution in [1.82, 2.24) is 0 Å². The molecule has 4 heteroatoms. The van der Waals surface area contributed by atoms with E-state index in [9.17, 15) is 4.39 Å². The van der Waals surface area contributed by atoms with E-state index in [0.29, 0.717) is 18.2 Å². The van der Waals surface area contributed by atoms with Crippen LogP contribution >= 0.6 is 11.6 Å². The number of unbranched alkanes of at least 4 members (excludes halogenated alkanes) is 2. The highest BCUT2D eigenvalue weighted by molar-refractivity contribution is 6.17. The molecule has 1 aromatic rings. The lowest BCUT2D eigenvalue weighted by Gasteiger charge is -2.07. The molecule has 0 saturated carbocycles. The summed E-state index contributed by atoms with van der Waals surface area (Å²) < 4.78 is 18.5. The molecule has 0 spiro atoms. The minimum atomic E-state index is -0.541. The van der Waals surface area contributed by atoms with E-state index in [2.05, 4.69) is 0 Å². The summed E-state index contributed by atoms with van der Waals surface area (Å²) in [5.41, 5.74) is -0.0279. The first-order chi connectivity index (χ1) is 7.79. The Labute approximate surface area is 99.6 Å². The Morgan fingerprint density at radius 2 is 2.12 bits per heavy atom. The molecule has 0 radical (unpaired) electrons. The quantitative estimate of drug-likeness (QED) is 0.564. The summed E-state index contributed by atoms with van der Waals surface area (Å²) in [6, 6.07) is 6.18. The molecule has 0 bridgehead atoms. The third kappa shape index (κ3) is 3.71. The number of benzene rings is 1. The molecule has 0 saturated heterocycles. The number of hydrogen-bond acceptors (Lipinski definition) is 2. The van der Waals surface area contributed by atoms with E-state index in [1.807, 2.05) is 0 Å². The summed E-state index contributed by atoms with van der Waals surface area (Å²) in [5.74, 6) is 0.415. The van der Waals surface area contributed by atoms with Crippen LogP contribution in [0.2, 0.25) is 0 Å². The predicted octanol–water partition coefficient (Wildman–Crippen LogP) is 3.49. The SMILES string of the molecule is N#Cc1c(F)cccc1OCCCCCCl. The molecule has 0 N–H and O–H groups in total. The van der Waals surface area contributed by atoms with Gasteiger partial charge in [-0.2, -0.15) is 5.26 Å². The van der Waals surface area contributed by atoms with Crippen molar-refractivity contribution >= 4 is 11.6 Å². The van der Waals surface area contributed by atoms with Crippen molar-refractivity contribution in [3.63, 3.8) is 0 Å². The van der Waals surface area contributed by atoms with Gasteiger partial charge in [0.2, 0.25) is 0 Å². The lowest BCUT2D eigenvalue weighted by Crippen LogP contribution is -2.00. The minimum absolute atomic E-state index is 0.0279. The molecule has 0 heterocycles. The summed E-state index contributed by atoms with van der Waals surface area (Å²) in [5, 5.41) is 8.75. The zero-order valence-corrected chi connectivity index (χ0v) is 9.63. The number of nitrogens with zero attached hydrogens (tertiary/aromatic N) is 1. The first kappa shape index (κ1) is 12.8. The van der Waals surface area contributed by atoms with E-state index >= 15 is 0 Å². The Morgan fingerprint density at radius 3 is 2.81 bits per heavy atom. The van der Waals surface area contributed by atoms with Crippen molar-refractivity contribution in [2.75, 3.05) is 12.5 Å². The van der Waals surface area contributed by atoms with Crippen LogP contribution in [0, 0.1) is 17.1 Å². The summed E-state index contributed by atoms with van der Waals surface area (Å²) in [6.07, 6.45) is 2.77. The number of nitriles is 1. The summed E-state index contributed by atoms with van der Waals surface area (Å²) >= 11 is 5.53. The van der Waals surface area contributed by atoms with Crippen molar-refractivity contribution < 1.29 is 9.13 Å². The molecule has 1 aromatic carbocycles. The van der Waals surface area contributed by atoms with E-state index in [1.54, 1.807) is 12.1 Å². The van der Waals surface area contributed by atoms with Crippen LogP contribution in [0.15, 0.2) is 18.2 Å². The van der Waals surface area contributed by atoms with Crippen molar-refractivity contribution in [1.29, 1.82) is 5.26 Å². The van der Waals surface area contributed by atoms with Gasteiger partial charge in [-0.15, -0.1) is 11.6 Å². The zero-order valence-electron chi connectivity index (χ0n) is 8.88. The van der Waals surface area contributed by atoms with Gasteiger partial charge in [-0.25, -0.2) is 4.39 Å². The molecular formula is C12H13ClFNO. The van der Waals surface area contributed by atoms with Gasteiger partial charge in [0.15, 0.2) is 0 Å². The molecule has 0 fully saturated rings. The van der Waals surface area contributed by atoms with Crippen LogP contribution in [0.4, 0.5) is 4.39 Å². The van der Waals surface area contributed by atoms with Gasteiger partial charge in [0.05, 0.1) is 6.61 Å². The second-order valence-corrected chi connectivity index (χ2v) is 3.70. The van der Waals surface area contributed by atoms with Crippen molar-refractivity contribution in [3.8, 4) is 11.8 Å². The third-order valence-electron chi connectivity index (χ3n) is 2.12. The summed E-state index contributed by atoms with van der Waals surface area (Å²) in [7, 11) is 0. The largest absolute Gasteiger partial charge is 0.492 e. The normalized spacial score (nSPS) is 9.81. The molecular weight excluding hydrogens is 229 g/mol. The number of ether oxygens (including phenoxy) is 1. The fraction of sp³-hybridized carbons (Fsp3) is 0.417. The molecule has 0 aromatic heterocycles. The van der Waals surface area contributed by atoms with Crippen molar-refractivity contribution in [2.45, 2.75) is 19.3 Å². The second kappa shape index (κ2) is 7.08. The number of halogens is 2. The van der Waals surface area contributed by atoms with E-state index in [-0.39, 0.29) is 5.56 Å². The van der Waals surface area contributed by atoms with Crippen LogP contribution < -0.4 is 4.74 Å². The number of rotatable bonds is 6. The van der Waals surface area contributed by atoms with Crippen LogP contribution in [0.25, 0.3) is 0 Å². The highest BCUT2D eigenvalue weighted by Gasteiger charge is 2.08. The van der Waals surface area contributed by atoms with Gasteiger partial charge >= 0.3 is 0 Å². The van der Waals surface area contributed by atoms with Crippen LogP contribution in [-0.4, -0.2) is 12.5 Å². The zero-order chi connectivity index (χ0) is 11.8. The monoisotopic (exact) mass is 241 g/mol. The molecule has 0 unspecified atom stereocenters. The fourth-order valence-corrected chi connectivity index (χ4v) is 1.48. The average molecular weight is 242 g/mol. The van der Waals surface area contributed by atoms with Gasteiger partial charge in [0.25, 0.3) is 0 Å². The fourth-order valence-electron chi connectivity index (χ4n) is 1.29. The lowest BCUT2D eigenvalue weighted by molar-refractivity contribution is 0.304. The molecule has 1 rings (SSSR count). The highest BCUT2D eigenvalue weighted by Crippen LogP contribution is 2.20. The maximum atomic E-state index is 13.2. The molecule has 0 aliphatic carbocycles. The van der Waals surface area contributed by atoms with Crippen LogP contribution in [0.3, 0.4) is 0 Å². The smallest absolute Gasteiger partial charge is 0.144 e. The first-order valence-electron chi connectivity index (χ1n) is 5.17. The Hall–Kier alpha value is -1.27. The van der Waals surface area contributed by atoms with Gasteiger partial charge in [-0.1, -0.05) is 6.07 Å². The van der Waals surface area contributed by atoms with E-state index < -0.39 is 5.82 Å². The summed E-state index contributed by atoms with van der Waals surface area (Å²) in [6.45, 7) is 0.481. The minimum Gasteiger partial charge on any atom is -0.492 e.